The Kier molecular flexibility index (Phi) is 4.48. The van der Waals surface area contributed by atoms with Crippen LogP contribution < -0.4 is 0 Å². The third kappa shape index (κ3) is 3.59. The fourth-order valence-corrected chi connectivity index (χ4v) is 2.33. The molecule has 1 aromatic carbocycles. The molecule has 1 aliphatic rings. The van der Waals surface area contributed by atoms with Crippen molar-refractivity contribution >= 4 is 29.4 Å². The van der Waals surface area contributed by atoms with Crippen LogP contribution in [-0.2, 0) is 4.74 Å². The second-order valence-corrected chi connectivity index (χ2v) is 5.46. The van der Waals surface area contributed by atoms with E-state index in [-0.39, 0.29) is 0 Å². The van der Waals surface area contributed by atoms with Crippen LogP contribution >= 0.6 is 23.2 Å². The van der Waals surface area contributed by atoms with Crippen LogP contribution in [0.15, 0.2) is 39.9 Å². The molecule has 110 valence electrons. The number of hydrogen-bond acceptors (Lipinski definition) is 4. The van der Waals surface area contributed by atoms with E-state index >= 15 is 0 Å². The molecule has 1 aromatic heterocycles. The van der Waals surface area contributed by atoms with Crippen molar-refractivity contribution in [2.24, 2.45) is 5.10 Å². The van der Waals surface area contributed by atoms with Crippen LogP contribution in [0, 0.1) is 0 Å². The van der Waals surface area contributed by atoms with Crippen molar-refractivity contribution in [3.8, 4) is 11.3 Å². The highest BCUT2D eigenvalue weighted by molar-refractivity contribution is 6.42. The van der Waals surface area contributed by atoms with Crippen molar-refractivity contribution in [1.29, 1.82) is 0 Å². The van der Waals surface area contributed by atoms with Gasteiger partial charge in [-0.1, -0.05) is 23.2 Å². The monoisotopic (exact) mass is 324 g/mol. The van der Waals surface area contributed by atoms with Crippen molar-refractivity contribution < 1.29 is 9.15 Å². The first-order valence-corrected chi connectivity index (χ1v) is 7.40. The third-order valence-electron chi connectivity index (χ3n) is 3.17. The van der Waals surface area contributed by atoms with Gasteiger partial charge in [-0.2, -0.15) is 5.10 Å². The lowest BCUT2D eigenvalue weighted by atomic mass is 10.2. The van der Waals surface area contributed by atoms with Gasteiger partial charge in [-0.25, -0.2) is 0 Å². The Bertz CT molecular complexity index is 649. The molecule has 0 bridgehead atoms. The predicted octanol–water partition coefficient (Wildman–Crippen LogP) is 3.92. The average molecular weight is 325 g/mol. The maximum Gasteiger partial charge on any atom is 0.147 e. The number of rotatable bonds is 3. The molecule has 2 heterocycles. The normalized spacial score (nSPS) is 15.8. The zero-order valence-electron chi connectivity index (χ0n) is 11.3. The van der Waals surface area contributed by atoms with E-state index in [4.69, 9.17) is 32.4 Å². The number of benzene rings is 1. The van der Waals surface area contributed by atoms with E-state index < -0.39 is 0 Å². The Hall–Kier alpha value is -1.49. The maximum atomic E-state index is 6.01. The van der Waals surface area contributed by atoms with E-state index in [9.17, 15) is 0 Å². The summed E-state index contributed by atoms with van der Waals surface area (Å²) in [4.78, 5) is 0. The molecular weight excluding hydrogens is 311 g/mol. The summed E-state index contributed by atoms with van der Waals surface area (Å²) in [5, 5.41) is 7.38. The second kappa shape index (κ2) is 6.52. The molecule has 6 heteroatoms. The van der Waals surface area contributed by atoms with E-state index in [0.717, 1.165) is 24.4 Å². The molecule has 0 spiro atoms. The van der Waals surface area contributed by atoms with Gasteiger partial charge in [0.25, 0.3) is 0 Å². The first-order chi connectivity index (χ1) is 10.2. The lowest BCUT2D eigenvalue weighted by Gasteiger charge is -2.23. The van der Waals surface area contributed by atoms with Gasteiger partial charge in [-0.15, -0.1) is 0 Å². The van der Waals surface area contributed by atoms with Gasteiger partial charge in [0, 0.05) is 5.56 Å². The van der Waals surface area contributed by atoms with E-state index in [0.29, 0.717) is 29.0 Å². The summed E-state index contributed by atoms with van der Waals surface area (Å²) in [5.41, 5.74) is 0.885. The Morgan fingerprint density at radius 2 is 1.86 bits per heavy atom. The smallest absolute Gasteiger partial charge is 0.147 e. The fraction of sp³-hybridized carbons (Fsp3) is 0.267. The van der Waals surface area contributed by atoms with E-state index in [1.54, 1.807) is 18.3 Å². The lowest BCUT2D eigenvalue weighted by molar-refractivity contribution is 0.0396. The standard InChI is InChI=1S/C15H14Cl2N2O2/c16-13-3-1-11(9-14(13)17)15-4-2-12(21-15)10-18-19-5-7-20-8-6-19/h1-4,9-10H,5-8H2/b18-10-. The molecule has 0 saturated carbocycles. The topological polar surface area (TPSA) is 38.0 Å². The van der Waals surface area contributed by atoms with Crippen molar-refractivity contribution in [3.05, 3.63) is 46.1 Å². The Labute approximate surface area is 132 Å². The summed E-state index contributed by atoms with van der Waals surface area (Å²) in [7, 11) is 0. The summed E-state index contributed by atoms with van der Waals surface area (Å²) < 4.78 is 11.0. The molecule has 0 atom stereocenters. The molecule has 3 rings (SSSR count). The summed E-state index contributed by atoms with van der Waals surface area (Å²) in [5.74, 6) is 1.43. The van der Waals surface area contributed by atoms with Crippen LogP contribution in [0.5, 0.6) is 0 Å². The highest BCUT2D eigenvalue weighted by atomic mass is 35.5. The SMILES string of the molecule is Clc1ccc(-c2ccc(/C=N\N3CCOCC3)o2)cc1Cl. The number of hydrazone groups is 1. The molecule has 0 amide bonds. The second-order valence-electron chi connectivity index (χ2n) is 4.64. The number of nitrogens with zero attached hydrogens (tertiary/aromatic N) is 2. The van der Waals surface area contributed by atoms with E-state index in [1.807, 2.05) is 23.2 Å². The molecule has 0 unspecified atom stereocenters. The predicted molar refractivity (Wildman–Crippen MR) is 84.2 cm³/mol. The number of morpholine rings is 1. The molecule has 1 saturated heterocycles. The van der Waals surface area contributed by atoms with Crippen LogP contribution in [0.2, 0.25) is 10.0 Å². The van der Waals surface area contributed by atoms with Gasteiger partial charge in [-0.3, -0.25) is 5.01 Å². The van der Waals surface area contributed by atoms with Gasteiger partial charge in [0.05, 0.1) is 42.6 Å². The Morgan fingerprint density at radius 3 is 2.62 bits per heavy atom. The van der Waals surface area contributed by atoms with Crippen LogP contribution in [-0.4, -0.2) is 37.5 Å². The minimum absolute atomic E-state index is 0.508. The Morgan fingerprint density at radius 1 is 1.05 bits per heavy atom. The minimum Gasteiger partial charge on any atom is -0.455 e. The highest BCUT2D eigenvalue weighted by Crippen LogP contribution is 2.29. The van der Waals surface area contributed by atoms with Crippen LogP contribution in [0.4, 0.5) is 0 Å². The lowest BCUT2D eigenvalue weighted by Crippen LogP contribution is -2.32. The van der Waals surface area contributed by atoms with Crippen molar-refractivity contribution in [3.63, 3.8) is 0 Å². The van der Waals surface area contributed by atoms with Crippen LogP contribution in [0.3, 0.4) is 0 Å². The van der Waals surface area contributed by atoms with Crippen LogP contribution in [0.25, 0.3) is 11.3 Å². The molecule has 1 fully saturated rings. The van der Waals surface area contributed by atoms with Gasteiger partial charge in [-0.05, 0) is 30.3 Å². The number of hydrogen-bond donors (Lipinski definition) is 0. The molecule has 1 aliphatic heterocycles. The zero-order chi connectivity index (χ0) is 14.7. The number of ether oxygens (including phenoxy) is 1. The van der Waals surface area contributed by atoms with Crippen molar-refractivity contribution in [2.45, 2.75) is 0 Å². The third-order valence-corrected chi connectivity index (χ3v) is 3.91. The van der Waals surface area contributed by atoms with Crippen LogP contribution in [0.1, 0.15) is 5.76 Å². The van der Waals surface area contributed by atoms with Gasteiger partial charge < -0.3 is 9.15 Å². The molecule has 21 heavy (non-hydrogen) atoms. The summed E-state index contributed by atoms with van der Waals surface area (Å²) in [6, 6.07) is 9.17. The summed E-state index contributed by atoms with van der Waals surface area (Å²) in [6.07, 6.45) is 1.71. The Balaban J connectivity index is 1.73. The average Bonchev–Trinajstić information content (AvgIpc) is 2.98. The van der Waals surface area contributed by atoms with E-state index in [2.05, 4.69) is 5.10 Å². The largest absolute Gasteiger partial charge is 0.455 e. The molecule has 2 aromatic rings. The van der Waals surface area contributed by atoms with Gasteiger partial charge in [0.15, 0.2) is 0 Å². The molecule has 0 radical (unpaired) electrons. The minimum atomic E-state index is 0.508. The highest BCUT2D eigenvalue weighted by Gasteiger charge is 2.08. The van der Waals surface area contributed by atoms with Gasteiger partial charge in [0.2, 0.25) is 0 Å². The number of halogens is 2. The quantitative estimate of drug-likeness (QED) is 0.803. The summed E-state index contributed by atoms with van der Waals surface area (Å²) in [6.45, 7) is 3.03. The zero-order valence-corrected chi connectivity index (χ0v) is 12.8. The van der Waals surface area contributed by atoms with Gasteiger partial charge in [0.1, 0.15) is 11.5 Å². The fourth-order valence-electron chi connectivity index (χ4n) is 2.03. The first kappa shape index (κ1) is 14.4. The molecule has 0 N–H and O–H groups in total. The van der Waals surface area contributed by atoms with E-state index in [1.165, 1.54) is 0 Å². The van der Waals surface area contributed by atoms with Gasteiger partial charge >= 0.3 is 0 Å². The first-order valence-electron chi connectivity index (χ1n) is 6.64. The summed E-state index contributed by atoms with van der Waals surface area (Å²) >= 11 is 11.9. The molecule has 4 nitrogen and oxygen atoms in total. The molecular formula is C15H14Cl2N2O2. The van der Waals surface area contributed by atoms with Crippen molar-refractivity contribution in [1.82, 2.24) is 5.01 Å². The molecule has 0 aliphatic carbocycles. The maximum absolute atomic E-state index is 6.01. The number of furan rings is 1. The van der Waals surface area contributed by atoms with Crippen molar-refractivity contribution in [2.75, 3.05) is 26.3 Å².